The number of allylic oxidation sites excluding steroid dienone is 2. The fourth-order valence-corrected chi connectivity index (χ4v) is 0.571. The first-order valence-corrected chi connectivity index (χ1v) is 3.36. The third kappa shape index (κ3) is 3.07. The maximum atomic E-state index is 4.24. The minimum absolute atomic E-state index is 0.886. The zero-order chi connectivity index (χ0) is 7.28. The van der Waals surface area contributed by atoms with E-state index in [0.717, 1.165) is 12.3 Å². The molecule has 0 aromatic carbocycles. The van der Waals surface area contributed by atoms with Gasteiger partial charge in [0.05, 0.1) is 0 Å². The van der Waals surface area contributed by atoms with E-state index in [0.29, 0.717) is 0 Å². The summed E-state index contributed by atoms with van der Waals surface area (Å²) in [5.41, 5.74) is 2.43. The molecule has 0 aromatic rings. The molecule has 0 spiro atoms. The summed E-state index contributed by atoms with van der Waals surface area (Å²) >= 11 is 0. The summed E-state index contributed by atoms with van der Waals surface area (Å²) in [4.78, 5) is 4.24. The van der Waals surface area contributed by atoms with Crippen molar-refractivity contribution in [3.05, 3.63) is 11.6 Å². The van der Waals surface area contributed by atoms with Crippen LogP contribution in [-0.4, -0.2) is 12.3 Å². The molecule has 0 atom stereocenters. The van der Waals surface area contributed by atoms with Gasteiger partial charge in [0.15, 0.2) is 0 Å². The molecule has 0 aliphatic heterocycles. The molecule has 0 radical (unpaired) electrons. The van der Waals surface area contributed by atoms with Crippen molar-refractivity contribution in [1.29, 1.82) is 0 Å². The molecule has 0 bridgehead atoms. The Hall–Kier alpha value is -0.590. The highest BCUT2D eigenvalue weighted by molar-refractivity contribution is 5.97. The Morgan fingerprint density at radius 1 is 1.44 bits per heavy atom. The maximum absolute atomic E-state index is 4.24. The second-order valence-electron chi connectivity index (χ2n) is 2.03. The zero-order valence-corrected chi connectivity index (χ0v) is 6.73. The number of hydrogen-bond donors (Lipinski definition) is 0. The van der Waals surface area contributed by atoms with Gasteiger partial charge in [0.1, 0.15) is 0 Å². The fourth-order valence-electron chi connectivity index (χ4n) is 0.571. The molecule has 9 heavy (non-hydrogen) atoms. The fraction of sp³-hybridized carbons (Fsp3) is 0.625. The molecule has 0 heterocycles. The van der Waals surface area contributed by atoms with E-state index in [-0.39, 0.29) is 0 Å². The minimum atomic E-state index is 0.886. The molecule has 1 nitrogen and oxygen atoms in total. The first-order valence-electron chi connectivity index (χ1n) is 3.36. The first-order chi connectivity index (χ1) is 4.22. The molecule has 52 valence electrons. The second-order valence-corrected chi connectivity index (χ2v) is 2.03. The average molecular weight is 125 g/mol. The van der Waals surface area contributed by atoms with Gasteiger partial charge in [-0.3, -0.25) is 4.99 Å². The lowest BCUT2D eigenvalue weighted by molar-refractivity contribution is 1.12. The molecule has 0 saturated carbocycles. The topological polar surface area (TPSA) is 12.4 Å². The van der Waals surface area contributed by atoms with Gasteiger partial charge < -0.3 is 0 Å². The second kappa shape index (κ2) is 4.30. The Labute approximate surface area is 57.5 Å². The van der Waals surface area contributed by atoms with Crippen LogP contribution in [0.5, 0.6) is 0 Å². The van der Waals surface area contributed by atoms with Crippen molar-refractivity contribution in [2.45, 2.75) is 27.7 Å². The zero-order valence-electron chi connectivity index (χ0n) is 6.73. The predicted molar refractivity (Wildman–Crippen MR) is 43.1 cm³/mol. The molecule has 0 aliphatic carbocycles. The highest BCUT2D eigenvalue weighted by Crippen LogP contribution is 1.94. The summed E-state index contributed by atoms with van der Waals surface area (Å²) in [5.74, 6) is 0. The quantitative estimate of drug-likeness (QED) is 0.503. The Bertz CT molecular complexity index is 132. The van der Waals surface area contributed by atoms with E-state index in [9.17, 15) is 0 Å². The largest absolute Gasteiger partial charge is 0.290 e. The molecule has 0 N–H and O–H groups in total. The molecular formula is C8H15N. The van der Waals surface area contributed by atoms with Gasteiger partial charge in [0.2, 0.25) is 0 Å². The summed E-state index contributed by atoms with van der Waals surface area (Å²) in [7, 11) is 0. The third-order valence-electron chi connectivity index (χ3n) is 1.40. The van der Waals surface area contributed by atoms with Crippen molar-refractivity contribution < 1.29 is 0 Å². The lowest BCUT2D eigenvalue weighted by Crippen LogP contribution is -1.92. The van der Waals surface area contributed by atoms with Crippen LogP contribution < -0.4 is 0 Å². The van der Waals surface area contributed by atoms with E-state index < -0.39 is 0 Å². The molecule has 0 unspecified atom stereocenters. The summed E-state index contributed by atoms with van der Waals surface area (Å²) in [5, 5.41) is 0. The minimum Gasteiger partial charge on any atom is -0.290 e. The molecule has 0 fully saturated rings. The van der Waals surface area contributed by atoms with Crippen molar-refractivity contribution in [3.8, 4) is 0 Å². The van der Waals surface area contributed by atoms with Gasteiger partial charge in [-0.15, -0.1) is 0 Å². The van der Waals surface area contributed by atoms with E-state index in [1.165, 1.54) is 5.57 Å². The molecule has 0 rings (SSSR count). The third-order valence-corrected chi connectivity index (χ3v) is 1.40. The lowest BCUT2D eigenvalue weighted by Gasteiger charge is -1.96. The molecule has 0 amide bonds. The Morgan fingerprint density at radius 2 is 2.00 bits per heavy atom. The van der Waals surface area contributed by atoms with E-state index >= 15 is 0 Å². The summed E-state index contributed by atoms with van der Waals surface area (Å²) in [6.07, 6.45) is 2.08. The van der Waals surface area contributed by atoms with Crippen molar-refractivity contribution in [1.82, 2.24) is 0 Å². The monoisotopic (exact) mass is 125 g/mol. The number of aliphatic imine (C=N–C) groups is 1. The smallest absolute Gasteiger partial charge is 0.0364 e. The Morgan fingerprint density at radius 3 is 2.33 bits per heavy atom. The van der Waals surface area contributed by atoms with Crippen molar-refractivity contribution in [2.24, 2.45) is 4.99 Å². The van der Waals surface area contributed by atoms with Crippen LogP contribution in [0.1, 0.15) is 27.7 Å². The van der Waals surface area contributed by atoms with Crippen LogP contribution in [0.4, 0.5) is 0 Å². The molecule has 0 saturated heterocycles. The van der Waals surface area contributed by atoms with Crippen LogP contribution >= 0.6 is 0 Å². The number of hydrogen-bond acceptors (Lipinski definition) is 1. The van der Waals surface area contributed by atoms with Gasteiger partial charge >= 0.3 is 0 Å². The number of rotatable bonds is 2. The van der Waals surface area contributed by atoms with Crippen LogP contribution in [0.3, 0.4) is 0 Å². The standard InChI is InChI=1S/C8H15N/c1-5-7(3)8(4)9-6-2/h5H,6H2,1-4H3/b7-5-,9-8?. The first kappa shape index (κ1) is 8.41. The van der Waals surface area contributed by atoms with Crippen molar-refractivity contribution >= 4 is 5.71 Å². The SMILES string of the molecule is C/C=C(/C)C(C)=NCC. The van der Waals surface area contributed by atoms with E-state index in [1.54, 1.807) is 0 Å². The van der Waals surface area contributed by atoms with Gasteiger partial charge in [-0.25, -0.2) is 0 Å². The molecular weight excluding hydrogens is 110 g/mol. The predicted octanol–water partition coefficient (Wildman–Crippen LogP) is 2.43. The highest BCUT2D eigenvalue weighted by atomic mass is 14.7. The van der Waals surface area contributed by atoms with Crippen LogP contribution in [0.15, 0.2) is 16.6 Å². The summed E-state index contributed by atoms with van der Waals surface area (Å²) in [6.45, 7) is 9.08. The summed E-state index contributed by atoms with van der Waals surface area (Å²) in [6, 6.07) is 0. The van der Waals surface area contributed by atoms with Crippen LogP contribution in [-0.2, 0) is 0 Å². The Balaban J connectivity index is 4.03. The van der Waals surface area contributed by atoms with Crippen LogP contribution in [0, 0.1) is 0 Å². The van der Waals surface area contributed by atoms with E-state index in [4.69, 9.17) is 0 Å². The maximum Gasteiger partial charge on any atom is 0.0364 e. The average Bonchev–Trinajstić information content (AvgIpc) is 1.87. The van der Waals surface area contributed by atoms with Crippen LogP contribution in [0.2, 0.25) is 0 Å². The molecule has 0 aromatic heterocycles. The van der Waals surface area contributed by atoms with Gasteiger partial charge in [-0.2, -0.15) is 0 Å². The van der Waals surface area contributed by atoms with E-state index in [2.05, 4.69) is 18.0 Å². The molecule has 0 aliphatic rings. The lowest BCUT2D eigenvalue weighted by atomic mass is 10.2. The van der Waals surface area contributed by atoms with Crippen molar-refractivity contribution in [2.75, 3.05) is 6.54 Å². The highest BCUT2D eigenvalue weighted by Gasteiger charge is 1.88. The summed E-state index contributed by atoms with van der Waals surface area (Å²) < 4.78 is 0. The Kier molecular flexibility index (Phi) is 4.02. The molecule has 1 heteroatoms. The normalized spacial score (nSPS) is 14.2. The van der Waals surface area contributed by atoms with Gasteiger partial charge in [0.25, 0.3) is 0 Å². The van der Waals surface area contributed by atoms with Gasteiger partial charge in [-0.05, 0) is 33.3 Å². The van der Waals surface area contributed by atoms with E-state index in [1.807, 2.05) is 20.8 Å². The van der Waals surface area contributed by atoms with Gasteiger partial charge in [0, 0.05) is 12.3 Å². The number of nitrogens with zero attached hydrogens (tertiary/aromatic N) is 1. The van der Waals surface area contributed by atoms with Crippen molar-refractivity contribution in [3.63, 3.8) is 0 Å². The van der Waals surface area contributed by atoms with Crippen LogP contribution in [0.25, 0.3) is 0 Å². The van der Waals surface area contributed by atoms with Gasteiger partial charge in [-0.1, -0.05) is 6.08 Å².